The van der Waals surface area contributed by atoms with Crippen molar-refractivity contribution in [3.63, 3.8) is 0 Å². The van der Waals surface area contributed by atoms with E-state index in [4.69, 9.17) is 0 Å². The molecule has 44 valence electrons. The van der Waals surface area contributed by atoms with Crippen LogP contribution in [0.1, 0.15) is 6.92 Å². The Labute approximate surface area is 49.5 Å². The molecule has 0 aromatic carbocycles. The number of hydrogen-bond acceptors (Lipinski definition) is 1. The summed E-state index contributed by atoms with van der Waals surface area (Å²) in [6.45, 7) is 3.71. The maximum absolute atomic E-state index is 3.38. The van der Waals surface area contributed by atoms with Crippen molar-refractivity contribution in [1.82, 2.24) is 5.32 Å². The summed E-state index contributed by atoms with van der Waals surface area (Å²) in [7, 11) is 0. The summed E-state index contributed by atoms with van der Waals surface area (Å²) in [5, 5.41) is 3.38. The Kier molecular flexibility index (Phi) is 0.418. The van der Waals surface area contributed by atoms with Crippen LogP contribution in [0.4, 0.5) is 0 Å². The zero-order chi connectivity index (χ0) is 5.30. The van der Waals surface area contributed by atoms with E-state index < -0.39 is 0 Å². The molecular formula is C7H11N. The molecule has 0 aromatic heterocycles. The Morgan fingerprint density at radius 3 is 2.25 bits per heavy atom. The summed E-state index contributed by atoms with van der Waals surface area (Å²) in [6.07, 6.45) is 0. The Morgan fingerprint density at radius 1 is 1.25 bits per heavy atom. The SMILES string of the molecule is CC1C2C(C3CN3)C12. The first kappa shape index (κ1) is 3.89. The van der Waals surface area contributed by atoms with E-state index >= 15 is 0 Å². The minimum Gasteiger partial charge on any atom is -0.311 e. The molecule has 0 aromatic rings. The van der Waals surface area contributed by atoms with Gasteiger partial charge < -0.3 is 5.32 Å². The third-order valence-electron chi connectivity index (χ3n) is 3.17. The molecule has 1 nitrogen and oxygen atoms in total. The molecule has 3 rings (SSSR count). The third kappa shape index (κ3) is 0.278. The van der Waals surface area contributed by atoms with Gasteiger partial charge in [-0.3, -0.25) is 0 Å². The van der Waals surface area contributed by atoms with Gasteiger partial charge in [0.15, 0.2) is 0 Å². The molecule has 1 heterocycles. The van der Waals surface area contributed by atoms with Gasteiger partial charge in [0.25, 0.3) is 0 Å². The van der Waals surface area contributed by atoms with E-state index in [1.807, 2.05) is 0 Å². The van der Waals surface area contributed by atoms with Crippen LogP contribution in [0.2, 0.25) is 0 Å². The fourth-order valence-corrected chi connectivity index (χ4v) is 2.34. The van der Waals surface area contributed by atoms with Crippen molar-refractivity contribution in [2.45, 2.75) is 13.0 Å². The lowest BCUT2D eigenvalue weighted by Crippen LogP contribution is -2.06. The Bertz CT molecular complexity index is 129. The first-order valence-electron chi connectivity index (χ1n) is 3.63. The summed E-state index contributed by atoms with van der Waals surface area (Å²) < 4.78 is 0. The number of hydrogen-bond donors (Lipinski definition) is 1. The molecule has 2 aliphatic carbocycles. The second-order valence-electron chi connectivity index (χ2n) is 3.61. The molecule has 1 saturated heterocycles. The van der Waals surface area contributed by atoms with Gasteiger partial charge in [0.05, 0.1) is 0 Å². The molecule has 0 radical (unpaired) electrons. The van der Waals surface area contributed by atoms with Gasteiger partial charge in [-0.25, -0.2) is 0 Å². The van der Waals surface area contributed by atoms with E-state index in [-0.39, 0.29) is 0 Å². The van der Waals surface area contributed by atoms with Crippen molar-refractivity contribution < 1.29 is 0 Å². The van der Waals surface area contributed by atoms with Crippen molar-refractivity contribution in [2.24, 2.45) is 23.7 Å². The van der Waals surface area contributed by atoms with Crippen molar-refractivity contribution in [3.05, 3.63) is 0 Å². The van der Waals surface area contributed by atoms with Crippen LogP contribution in [-0.2, 0) is 0 Å². The summed E-state index contributed by atoms with van der Waals surface area (Å²) >= 11 is 0. The van der Waals surface area contributed by atoms with Gasteiger partial charge >= 0.3 is 0 Å². The first-order chi connectivity index (χ1) is 3.89. The minimum absolute atomic E-state index is 0.973. The average Bonchev–Trinajstić information content (AvgIpc) is 2.52. The van der Waals surface area contributed by atoms with Crippen LogP contribution in [0.5, 0.6) is 0 Å². The van der Waals surface area contributed by atoms with Gasteiger partial charge in [0.1, 0.15) is 0 Å². The molecule has 1 N–H and O–H groups in total. The fraction of sp³-hybridized carbons (Fsp3) is 1.00. The third-order valence-corrected chi connectivity index (χ3v) is 3.17. The summed E-state index contributed by atoms with van der Waals surface area (Å²) in [5.74, 6) is 4.61. The molecule has 0 amide bonds. The van der Waals surface area contributed by atoms with E-state index in [0.29, 0.717) is 0 Å². The number of rotatable bonds is 1. The van der Waals surface area contributed by atoms with Crippen LogP contribution in [0.3, 0.4) is 0 Å². The Balaban J connectivity index is 1.70. The fourth-order valence-electron chi connectivity index (χ4n) is 2.34. The Morgan fingerprint density at radius 2 is 1.88 bits per heavy atom. The lowest BCUT2D eigenvalue weighted by atomic mass is 10.0. The summed E-state index contributed by atoms with van der Waals surface area (Å²) in [6, 6.07) is 0.973. The molecule has 3 atom stereocenters. The normalized spacial score (nSPS) is 73.9. The van der Waals surface area contributed by atoms with Crippen molar-refractivity contribution in [3.8, 4) is 0 Å². The van der Waals surface area contributed by atoms with Crippen LogP contribution in [-0.4, -0.2) is 12.6 Å². The topological polar surface area (TPSA) is 21.9 Å². The maximum atomic E-state index is 3.38. The smallest absolute Gasteiger partial charge is 0.0227 e. The first-order valence-corrected chi connectivity index (χ1v) is 3.63. The van der Waals surface area contributed by atoms with Crippen LogP contribution in [0, 0.1) is 23.7 Å². The highest BCUT2D eigenvalue weighted by atomic mass is 15.1. The maximum Gasteiger partial charge on any atom is 0.0227 e. The van der Waals surface area contributed by atoms with Gasteiger partial charge in [-0.1, -0.05) is 6.92 Å². The van der Waals surface area contributed by atoms with Crippen molar-refractivity contribution >= 4 is 0 Å². The molecular weight excluding hydrogens is 98.1 g/mol. The molecule has 0 spiro atoms. The van der Waals surface area contributed by atoms with Crippen LogP contribution >= 0.6 is 0 Å². The van der Waals surface area contributed by atoms with Crippen LogP contribution < -0.4 is 5.32 Å². The molecule has 3 aliphatic rings. The molecule has 3 fully saturated rings. The predicted molar refractivity (Wildman–Crippen MR) is 31.4 cm³/mol. The van der Waals surface area contributed by atoms with Gasteiger partial charge in [0.2, 0.25) is 0 Å². The highest BCUT2D eigenvalue weighted by molar-refractivity contribution is 5.23. The second-order valence-corrected chi connectivity index (χ2v) is 3.61. The van der Waals surface area contributed by atoms with Crippen molar-refractivity contribution in [2.75, 3.05) is 6.54 Å². The second kappa shape index (κ2) is 0.860. The standard InChI is InChI=1S/C7H11N/c1-3-5-6(3)7(5)4-2-8-4/h3-8H,2H2,1H3. The molecule has 2 saturated carbocycles. The summed E-state index contributed by atoms with van der Waals surface area (Å²) in [4.78, 5) is 0. The predicted octanol–water partition coefficient (Wildman–Crippen LogP) is 0.470. The van der Waals surface area contributed by atoms with E-state index in [1.165, 1.54) is 18.4 Å². The minimum atomic E-state index is 0.973. The molecule has 0 bridgehead atoms. The average molecular weight is 109 g/mol. The van der Waals surface area contributed by atoms with E-state index in [9.17, 15) is 0 Å². The summed E-state index contributed by atoms with van der Waals surface area (Å²) in [5.41, 5.74) is 0. The van der Waals surface area contributed by atoms with Gasteiger partial charge in [-0.05, 0) is 23.7 Å². The van der Waals surface area contributed by atoms with Crippen LogP contribution in [0.15, 0.2) is 0 Å². The van der Waals surface area contributed by atoms with E-state index in [0.717, 1.165) is 17.9 Å². The molecule has 3 unspecified atom stereocenters. The van der Waals surface area contributed by atoms with E-state index in [1.54, 1.807) is 0 Å². The molecule has 1 heteroatoms. The number of nitrogens with one attached hydrogen (secondary N) is 1. The lowest BCUT2D eigenvalue weighted by Gasteiger charge is -2.01. The van der Waals surface area contributed by atoms with Gasteiger partial charge in [-0.15, -0.1) is 0 Å². The van der Waals surface area contributed by atoms with Gasteiger partial charge in [0, 0.05) is 12.6 Å². The zero-order valence-electron chi connectivity index (χ0n) is 5.09. The molecule has 8 heavy (non-hydrogen) atoms. The van der Waals surface area contributed by atoms with Crippen LogP contribution in [0.25, 0.3) is 0 Å². The molecule has 1 aliphatic heterocycles. The monoisotopic (exact) mass is 109 g/mol. The Hall–Kier alpha value is -0.0400. The lowest BCUT2D eigenvalue weighted by molar-refractivity contribution is 0.495. The zero-order valence-corrected chi connectivity index (χ0v) is 5.09. The van der Waals surface area contributed by atoms with Crippen molar-refractivity contribution in [1.29, 1.82) is 0 Å². The highest BCUT2D eigenvalue weighted by Crippen LogP contribution is 2.74. The van der Waals surface area contributed by atoms with E-state index in [2.05, 4.69) is 12.2 Å². The number of fused-ring (bicyclic) bond motifs is 1. The largest absolute Gasteiger partial charge is 0.311 e. The highest BCUT2D eigenvalue weighted by Gasteiger charge is 2.74. The quantitative estimate of drug-likeness (QED) is 0.486. The van der Waals surface area contributed by atoms with Gasteiger partial charge in [-0.2, -0.15) is 0 Å².